The summed E-state index contributed by atoms with van der Waals surface area (Å²) in [7, 11) is -0.775. The minimum atomic E-state index is -0.775. The van der Waals surface area contributed by atoms with Gasteiger partial charge in [-0.05, 0) is 47.2 Å². The Kier molecular flexibility index (Phi) is 15.1. The van der Waals surface area contributed by atoms with Gasteiger partial charge in [0.1, 0.15) is 0 Å². The highest BCUT2D eigenvalue weighted by Crippen LogP contribution is 2.74. The summed E-state index contributed by atoms with van der Waals surface area (Å²) in [4.78, 5) is 6.81. The molecule has 0 aromatic carbocycles. The average molecular weight is 509 g/mol. The van der Waals surface area contributed by atoms with E-state index in [1.165, 1.54) is 114 Å². The van der Waals surface area contributed by atoms with Crippen LogP contribution in [-0.4, -0.2) is 11.5 Å². The smallest absolute Gasteiger partial charge is 0.0577 e. The Hall–Kier alpha value is -0.250. The molecule has 0 bridgehead atoms. The molecule has 1 aliphatic heterocycles. The topological polar surface area (TPSA) is 0 Å². The van der Waals surface area contributed by atoms with Crippen LogP contribution in [0.5, 0.6) is 0 Å². The van der Waals surface area contributed by atoms with Crippen molar-refractivity contribution in [2.45, 2.75) is 140 Å². The lowest BCUT2D eigenvalue weighted by Gasteiger charge is -2.37. The molecule has 3 heteroatoms. The summed E-state index contributed by atoms with van der Waals surface area (Å²) >= 11 is 4.01. The summed E-state index contributed by atoms with van der Waals surface area (Å²) in [5, 5.41) is 4.74. The van der Waals surface area contributed by atoms with Crippen molar-refractivity contribution < 1.29 is 0 Å². The van der Waals surface area contributed by atoms with E-state index in [1.54, 1.807) is 19.5 Å². The highest BCUT2D eigenvalue weighted by molar-refractivity contribution is 8.34. The summed E-state index contributed by atoms with van der Waals surface area (Å²) in [6, 6.07) is 5.02. The maximum Gasteiger partial charge on any atom is 0.0577 e. The Morgan fingerprint density at radius 2 is 0.848 bits per heavy atom. The van der Waals surface area contributed by atoms with Gasteiger partial charge in [0.05, 0.1) is 9.75 Å². The predicted molar refractivity (Wildman–Crippen MR) is 158 cm³/mol. The minimum absolute atomic E-state index is 0.775. The average Bonchev–Trinajstić information content (AvgIpc) is 3.56. The summed E-state index contributed by atoms with van der Waals surface area (Å²) in [5.41, 5.74) is 0. The lowest BCUT2D eigenvalue weighted by Crippen LogP contribution is -2.09. The first-order valence-corrected chi connectivity index (χ1v) is 18.0. The first kappa shape index (κ1) is 29.0. The minimum Gasteiger partial charge on any atom is -0.185 e. The molecule has 3 heterocycles. The lowest BCUT2D eigenvalue weighted by atomic mass is 10.1. The fraction of sp³-hybridized carbons (Fsp3) is 0.733. The van der Waals surface area contributed by atoms with Crippen LogP contribution in [0.1, 0.15) is 130 Å². The van der Waals surface area contributed by atoms with Crippen LogP contribution in [0.25, 0.3) is 9.75 Å². The molecule has 0 unspecified atom stereocenters. The van der Waals surface area contributed by atoms with Crippen molar-refractivity contribution >= 4 is 32.7 Å². The van der Waals surface area contributed by atoms with E-state index < -0.39 is 10.0 Å². The predicted octanol–water partition coefficient (Wildman–Crippen LogP) is 12.3. The van der Waals surface area contributed by atoms with Crippen molar-refractivity contribution in [1.82, 2.24) is 0 Å². The fourth-order valence-electron chi connectivity index (χ4n) is 5.17. The molecule has 0 radical (unpaired) electrons. The fourth-order valence-corrected chi connectivity index (χ4v) is 12.8. The number of hydrogen-bond acceptors (Lipinski definition) is 2. The molecule has 0 spiro atoms. The maximum absolute atomic E-state index is 2.51. The quantitative estimate of drug-likeness (QED) is 0.176. The number of thiophene rings is 2. The van der Waals surface area contributed by atoms with E-state index in [4.69, 9.17) is 0 Å². The van der Waals surface area contributed by atoms with Gasteiger partial charge in [0.25, 0.3) is 0 Å². The Balaban J connectivity index is 0.00000187. The third kappa shape index (κ3) is 8.43. The van der Waals surface area contributed by atoms with Crippen LogP contribution in [0, 0.1) is 0 Å². The normalized spacial score (nSPS) is 14.4. The third-order valence-corrected chi connectivity index (χ3v) is 13.6. The Labute approximate surface area is 216 Å². The molecule has 0 saturated heterocycles. The van der Waals surface area contributed by atoms with Crippen LogP contribution in [0.2, 0.25) is 0 Å². The van der Waals surface area contributed by atoms with Gasteiger partial charge in [-0.15, -0.1) is 22.7 Å². The van der Waals surface area contributed by atoms with Crippen LogP contribution in [0.4, 0.5) is 0 Å². The summed E-state index contributed by atoms with van der Waals surface area (Å²) in [6.45, 7) is 8.63. The zero-order valence-electron chi connectivity index (χ0n) is 22.3. The lowest BCUT2D eigenvalue weighted by molar-refractivity contribution is 0.583. The van der Waals surface area contributed by atoms with Gasteiger partial charge in [-0.2, -0.15) is 10.0 Å². The molecule has 0 N–H and O–H groups in total. The van der Waals surface area contributed by atoms with Crippen LogP contribution >= 0.6 is 32.7 Å². The van der Waals surface area contributed by atoms with E-state index in [9.17, 15) is 0 Å². The first-order valence-electron chi connectivity index (χ1n) is 14.3. The summed E-state index contributed by atoms with van der Waals surface area (Å²) in [6.07, 6.45) is 22.9. The first-order chi connectivity index (χ1) is 16.3. The second kappa shape index (κ2) is 17.2. The molecule has 0 aliphatic carbocycles. The van der Waals surface area contributed by atoms with E-state index in [0.29, 0.717) is 0 Å². The van der Waals surface area contributed by atoms with Crippen molar-refractivity contribution in [2.75, 3.05) is 11.5 Å². The van der Waals surface area contributed by atoms with Gasteiger partial charge >= 0.3 is 0 Å². The van der Waals surface area contributed by atoms with Crippen LogP contribution < -0.4 is 0 Å². The maximum atomic E-state index is 2.51. The molecule has 0 amide bonds. The Morgan fingerprint density at radius 3 is 1.21 bits per heavy atom. The molecule has 3 rings (SSSR count). The highest BCUT2D eigenvalue weighted by atomic mass is 32.3. The molecule has 190 valence electrons. The zero-order chi connectivity index (χ0) is 23.8. The Bertz CT molecular complexity index is 664. The monoisotopic (exact) mass is 508 g/mol. The van der Waals surface area contributed by atoms with Crippen LogP contribution in [-0.2, 0) is 0 Å². The van der Waals surface area contributed by atoms with Gasteiger partial charge in [0.15, 0.2) is 0 Å². The number of rotatable bonds is 18. The molecule has 0 atom stereocenters. The van der Waals surface area contributed by atoms with Crippen molar-refractivity contribution in [1.29, 1.82) is 0 Å². The van der Waals surface area contributed by atoms with Crippen molar-refractivity contribution in [3.63, 3.8) is 0 Å². The standard InChI is InChI=1S/C28H46S3.C2H6/c1-3-5-7-9-11-13-15-17-23-31(24-18-16-14-12-10-8-6-4-2)25-19-21-29-27(25)28-26(31)20-22-30-28;1-2/h19-22H,3-18,23-24H2,1-2H3;1-2H3. The summed E-state index contributed by atoms with van der Waals surface area (Å²) in [5.74, 6) is 2.90. The van der Waals surface area contributed by atoms with Crippen molar-refractivity contribution in [2.24, 2.45) is 0 Å². The molecule has 0 nitrogen and oxygen atoms in total. The highest BCUT2D eigenvalue weighted by Gasteiger charge is 2.39. The van der Waals surface area contributed by atoms with Gasteiger partial charge in [-0.3, -0.25) is 0 Å². The molecule has 1 aliphatic rings. The van der Waals surface area contributed by atoms with Gasteiger partial charge < -0.3 is 0 Å². The van der Waals surface area contributed by atoms with E-state index in [2.05, 4.69) is 36.7 Å². The van der Waals surface area contributed by atoms with Crippen LogP contribution in [0.3, 0.4) is 0 Å². The van der Waals surface area contributed by atoms with Crippen molar-refractivity contribution in [3.05, 3.63) is 22.9 Å². The second-order valence-electron chi connectivity index (χ2n) is 9.47. The third-order valence-electron chi connectivity index (χ3n) is 7.00. The molecule has 0 fully saturated rings. The molecular formula is C30H52S3. The van der Waals surface area contributed by atoms with Crippen LogP contribution in [0.15, 0.2) is 32.7 Å². The molecule has 0 saturated carbocycles. The Morgan fingerprint density at radius 1 is 0.515 bits per heavy atom. The largest absolute Gasteiger partial charge is 0.185 e. The van der Waals surface area contributed by atoms with Gasteiger partial charge in [0.2, 0.25) is 0 Å². The number of unbranched alkanes of at least 4 members (excludes halogenated alkanes) is 14. The van der Waals surface area contributed by atoms with E-state index in [1.807, 2.05) is 36.5 Å². The zero-order valence-corrected chi connectivity index (χ0v) is 24.7. The molecule has 33 heavy (non-hydrogen) atoms. The van der Waals surface area contributed by atoms with Gasteiger partial charge in [-0.25, -0.2) is 0 Å². The van der Waals surface area contributed by atoms with E-state index in [-0.39, 0.29) is 0 Å². The number of hydrogen-bond donors (Lipinski definition) is 0. The molecule has 2 aromatic rings. The molecular weight excluding hydrogens is 457 g/mol. The molecule has 2 aromatic heterocycles. The van der Waals surface area contributed by atoms with Crippen molar-refractivity contribution in [3.8, 4) is 9.75 Å². The second-order valence-corrected chi connectivity index (χ2v) is 14.8. The van der Waals surface area contributed by atoms with Gasteiger partial charge in [-0.1, -0.05) is 118 Å². The SMILES string of the molecule is CC.CCCCCCCCCCS1(CCCCCCCCCC)c2ccsc2-c2sccc21. The summed E-state index contributed by atoms with van der Waals surface area (Å²) < 4.78 is 0. The number of fused-ring (bicyclic) bond motifs is 3. The van der Waals surface area contributed by atoms with E-state index in [0.717, 1.165) is 0 Å². The van der Waals surface area contributed by atoms with E-state index >= 15 is 0 Å². The van der Waals surface area contributed by atoms with Gasteiger partial charge in [0, 0.05) is 9.79 Å².